The first-order valence-corrected chi connectivity index (χ1v) is 6.25. The van der Waals surface area contributed by atoms with E-state index >= 15 is 0 Å². The summed E-state index contributed by atoms with van der Waals surface area (Å²) in [6.45, 7) is 0.819. The van der Waals surface area contributed by atoms with Crippen LogP contribution in [0.3, 0.4) is 0 Å². The van der Waals surface area contributed by atoms with Gasteiger partial charge in [0.25, 0.3) is 0 Å². The Morgan fingerprint density at radius 1 is 1.45 bits per heavy atom. The third kappa shape index (κ3) is 6.12. The Kier molecular flexibility index (Phi) is 7.01. The predicted octanol–water partition coefficient (Wildman–Crippen LogP) is -0.901. The molecule has 0 radical (unpaired) electrons. The number of aliphatic imine (C=N–C) groups is 1. The van der Waals surface area contributed by atoms with Crippen LogP contribution in [-0.4, -0.2) is 34.6 Å². The quantitative estimate of drug-likeness (QED) is 0.190. The molecule has 0 aliphatic heterocycles. The fourth-order valence-corrected chi connectivity index (χ4v) is 1.50. The summed E-state index contributed by atoms with van der Waals surface area (Å²) in [4.78, 5) is 19.4. The molecule has 8 heteroatoms. The number of nitrogens with zero attached hydrogens (tertiary/aromatic N) is 2. The summed E-state index contributed by atoms with van der Waals surface area (Å²) >= 11 is 0. The average Bonchev–Trinajstić information content (AvgIpc) is 2.49. The van der Waals surface area contributed by atoms with Gasteiger partial charge in [-0.15, -0.1) is 0 Å². The van der Waals surface area contributed by atoms with Gasteiger partial charge in [0, 0.05) is 25.5 Å². The molecule has 1 heterocycles. The van der Waals surface area contributed by atoms with Crippen LogP contribution in [0, 0.1) is 0 Å². The summed E-state index contributed by atoms with van der Waals surface area (Å²) in [5.41, 5.74) is 13.7. The van der Waals surface area contributed by atoms with E-state index in [1.54, 1.807) is 17.9 Å². The van der Waals surface area contributed by atoms with Gasteiger partial charge in [-0.25, -0.2) is 5.48 Å². The van der Waals surface area contributed by atoms with Crippen LogP contribution in [0.25, 0.3) is 0 Å². The van der Waals surface area contributed by atoms with Crippen LogP contribution in [-0.2, 0) is 11.3 Å². The molecule has 1 amide bonds. The van der Waals surface area contributed by atoms with E-state index in [4.69, 9.17) is 16.7 Å². The minimum Gasteiger partial charge on any atom is -0.368 e. The molecule has 8 nitrogen and oxygen atoms in total. The molecule has 1 aromatic rings. The molecule has 1 rings (SSSR count). The molecule has 7 N–H and O–H groups in total. The lowest BCUT2D eigenvalue weighted by molar-refractivity contribution is -0.122. The van der Waals surface area contributed by atoms with Crippen molar-refractivity contribution in [2.45, 2.75) is 25.4 Å². The van der Waals surface area contributed by atoms with Crippen LogP contribution in [0.2, 0.25) is 0 Å². The number of nitrogens with one attached hydrogen (secondary N) is 2. The number of amides is 1. The number of nitrogens with two attached hydrogens (primary N) is 2. The third-order valence-electron chi connectivity index (χ3n) is 2.62. The molecular formula is C12H20N6O2. The Morgan fingerprint density at radius 2 is 2.15 bits per heavy atom. The van der Waals surface area contributed by atoms with Crippen molar-refractivity contribution in [1.82, 2.24) is 15.8 Å². The highest BCUT2D eigenvalue weighted by Crippen LogP contribution is 1.98. The Labute approximate surface area is 117 Å². The minimum atomic E-state index is -0.588. The number of carbonyl (C=O) groups is 1. The van der Waals surface area contributed by atoms with Gasteiger partial charge in [-0.1, -0.05) is 0 Å². The Morgan fingerprint density at radius 3 is 2.80 bits per heavy atom. The Bertz CT molecular complexity index is 437. The fraction of sp³-hybridized carbons (Fsp3) is 0.417. The van der Waals surface area contributed by atoms with Crippen LogP contribution >= 0.6 is 0 Å². The molecule has 1 atom stereocenters. The van der Waals surface area contributed by atoms with Crippen molar-refractivity contribution in [2.75, 3.05) is 6.54 Å². The Hall–Kier alpha value is -2.19. The van der Waals surface area contributed by atoms with Gasteiger partial charge in [0.2, 0.25) is 11.9 Å². The zero-order valence-electron chi connectivity index (χ0n) is 11.1. The number of hydroxylamine groups is 1. The zero-order chi connectivity index (χ0) is 14.8. The van der Waals surface area contributed by atoms with Crippen LogP contribution in [0.5, 0.6) is 0 Å². The van der Waals surface area contributed by atoms with Gasteiger partial charge in [0.05, 0.1) is 6.04 Å². The van der Waals surface area contributed by atoms with Crippen LogP contribution in [0.1, 0.15) is 18.4 Å². The van der Waals surface area contributed by atoms with E-state index in [-0.39, 0.29) is 11.9 Å². The van der Waals surface area contributed by atoms with E-state index in [2.05, 4.69) is 15.3 Å². The van der Waals surface area contributed by atoms with Gasteiger partial charge in [0.1, 0.15) is 0 Å². The van der Waals surface area contributed by atoms with Crippen LogP contribution in [0.15, 0.2) is 29.5 Å². The Balaban J connectivity index is 2.22. The zero-order valence-corrected chi connectivity index (χ0v) is 11.1. The molecule has 1 aromatic heterocycles. The van der Waals surface area contributed by atoms with Gasteiger partial charge >= 0.3 is 0 Å². The summed E-state index contributed by atoms with van der Waals surface area (Å²) in [5, 5.41) is 11.2. The van der Waals surface area contributed by atoms with Gasteiger partial charge < -0.3 is 16.8 Å². The first-order chi connectivity index (χ1) is 9.63. The van der Waals surface area contributed by atoms with E-state index in [0.717, 1.165) is 5.56 Å². The minimum absolute atomic E-state index is 0.0549. The van der Waals surface area contributed by atoms with Gasteiger partial charge in [-0.2, -0.15) is 0 Å². The lowest BCUT2D eigenvalue weighted by atomic mass is 10.1. The maximum absolute atomic E-state index is 11.7. The number of hydrogen-bond donors (Lipinski definition) is 5. The molecule has 0 saturated carbocycles. The van der Waals surface area contributed by atoms with Crippen LogP contribution in [0.4, 0.5) is 0 Å². The maximum Gasteiger partial charge on any atom is 0.237 e. The molecular weight excluding hydrogens is 260 g/mol. The van der Waals surface area contributed by atoms with Crippen LogP contribution < -0.4 is 22.3 Å². The third-order valence-corrected chi connectivity index (χ3v) is 2.62. The second kappa shape index (κ2) is 8.83. The smallest absolute Gasteiger partial charge is 0.237 e. The van der Waals surface area contributed by atoms with Crippen molar-refractivity contribution in [3.63, 3.8) is 0 Å². The molecule has 0 aromatic carbocycles. The normalized spacial score (nSPS) is 12.8. The highest BCUT2D eigenvalue weighted by molar-refractivity contribution is 5.81. The molecule has 0 bridgehead atoms. The molecule has 0 saturated heterocycles. The average molecular weight is 280 g/mol. The molecule has 0 unspecified atom stereocenters. The number of guanidine groups is 1. The lowest BCUT2D eigenvalue weighted by Crippen LogP contribution is -2.40. The molecule has 0 spiro atoms. The SMILES string of the molecule is NC(=NCCC[C@H](N)C(=O)NCc1ccncc1)NO. The predicted molar refractivity (Wildman–Crippen MR) is 74.7 cm³/mol. The number of carbonyl (C=O) groups excluding carboxylic acids is 1. The highest BCUT2D eigenvalue weighted by Gasteiger charge is 2.12. The van der Waals surface area contributed by atoms with Crippen molar-refractivity contribution in [3.05, 3.63) is 30.1 Å². The van der Waals surface area contributed by atoms with E-state index in [1.165, 1.54) is 0 Å². The summed E-state index contributed by atoms with van der Waals surface area (Å²) < 4.78 is 0. The van der Waals surface area contributed by atoms with Gasteiger partial charge in [0.15, 0.2) is 0 Å². The number of pyridine rings is 1. The van der Waals surface area contributed by atoms with Gasteiger partial charge in [-0.05, 0) is 30.5 Å². The molecule has 0 aliphatic rings. The molecule has 0 fully saturated rings. The van der Waals surface area contributed by atoms with Crippen molar-refractivity contribution in [1.29, 1.82) is 0 Å². The van der Waals surface area contributed by atoms with E-state index in [9.17, 15) is 4.79 Å². The van der Waals surface area contributed by atoms with Crippen molar-refractivity contribution in [3.8, 4) is 0 Å². The summed E-state index contributed by atoms with van der Waals surface area (Å²) in [6, 6.07) is 3.06. The topological polar surface area (TPSA) is 139 Å². The summed E-state index contributed by atoms with van der Waals surface area (Å²) in [7, 11) is 0. The number of hydrogen-bond acceptors (Lipinski definition) is 5. The number of aromatic nitrogens is 1. The van der Waals surface area contributed by atoms with Crippen molar-refractivity contribution < 1.29 is 10.0 Å². The number of rotatable bonds is 7. The van der Waals surface area contributed by atoms with E-state index in [1.807, 2.05) is 12.1 Å². The van der Waals surface area contributed by atoms with E-state index in [0.29, 0.717) is 25.9 Å². The second-order valence-corrected chi connectivity index (χ2v) is 4.20. The second-order valence-electron chi connectivity index (χ2n) is 4.20. The summed E-state index contributed by atoms with van der Waals surface area (Å²) in [5.74, 6) is -0.264. The molecule has 110 valence electrons. The molecule has 0 aliphatic carbocycles. The van der Waals surface area contributed by atoms with E-state index < -0.39 is 6.04 Å². The first kappa shape index (κ1) is 15.9. The first-order valence-electron chi connectivity index (χ1n) is 6.25. The fourth-order valence-electron chi connectivity index (χ4n) is 1.50. The standard InChI is InChI=1S/C12H20N6O2/c13-10(2-1-5-16-12(14)18-20)11(19)17-8-9-3-6-15-7-4-9/h3-4,6-7,10,20H,1-2,5,8,13H2,(H,17,19)(H3,14,16,18)/t10-/m0/s1. The highest BCUT2D eigenvalue weighted by atomic mass is 16.5. The largest absolute Gasteiger partial charge is 0.368 e. The molecule has 20 heavy (non-hydrogen) atoms. The van der Waals surface area contributed by atoms with Gasteiger partial charge in [-0.3, -0.25) is 20.0 Å². The van der Waals surface area contributed by atoms with Crippen molar-refractivity contribution >= 4 is 11.9 Å². The van der Waals surface area contributed by atoms with Crippen molar-refractivity contribution in [2.24, 2.45) is 16.5 Å². The lowest BCUT2D eigenvalue weighted by Gasteiger charge is -2.11. The monoisotopic (exact) mass is 280 g/mol. The summed E-state index contributed by atoms with van der Waals surface area (Å²) in [6.07, 6.45) is 4.43. The maximum atomic E-state index is 11.7.